The standard InChI is InChI=1S/C13H24N2O3/c1-3-10(2)14-12(16)9-15-6-4-5-11(8-15)7-13(17)18/h10-11H,3-9H2,1-2H3,(H,14,16)(H,17,18). The molecule has 1 heterocycles. The van der Waals surface area contributed by atoms with Gasteiger partial charge < -0.3 is 10.4 Å². The second kappa shape index (κ2) is 7.36. The number of amides is 1. The smallest absolute Gasteiger partial charge is 0.303 e. The lowest BCUT2D eigenvalue weighted by molar-refractivity contribution is -0.138. The van der Waals surface area contributed by atoms with Gasteiger partial charge in [0.1, 0.15) is 0 Å². The largest absolute Gasteiger partial charge is 0.481 e. The molecule has 0 bridgehead atoms. The van der Waals surface area contributed by atoms with E-state index in [0.717, 1.165) is 32.4 Å². The zero-order chi connectivity index (χ0) is 13.5. The van der Waals surface area contributed by atoms with Crippen LogP contribution in [-0.2, 0) is 9.59 Å². The van der Waals surface area contributed by atoms with Crippen molar-refractivity contribution in [1.29, 1.82) is 0 Å². The molecule has 0 aromatic rings. The van der Waals surface area contributed by atoms with Gasteiger partial charge in [0.25, 0.3) is 0 Å². The number of piperidine rings is 1. The van der Waals surface area contributed by atoms with E-state index >= 15 is 0 Å². The summed E-state index contributed by atoms with van der Waals surface area (Å²) in [6, 6.07) is 0.206. The van der Waals surface area contributed by atoms with Crippen molar-refractivity contribution < 1.29 is 14.7 Å². The molecule has 0 aliphatic carbocycles. The average molecular weight is 256 g/mol. The van der Waals surface area contributed by atoms with Gasteiger partial charge in [0.2, 0.25) is 5.91 Å². The van der Waals surface area contributed by atoms with Crippen LogP contribution in [0, 0.1) is 5.92 Å². The molecule has 0 spiro atoms. The summed E-state index contributed by atoms with van der Waals surface area (Å²) in [6.45, 7) is 6.03. The predicted molar refractivity (Wildman–Crippen MR) is 69.3 cm³/mol. The van der Waals surface area contributed by atoms with Crippen LogP contribution in [0.2, 0.25) is 0 Å². The van der Waals surface area contributed by atoms with Crippen LogP contribution in [0.15, 0.2) is 0 Å². The molecule has 2 N–H and O–H groups in total. The Kier molecular flexibility index (Phi) is 6.12. The van der Waals surface area contributed by atoms with E-state index in [9.17, 15) is 9.59 Å². The molecule has 1 aliphatic rings. The Morgan fingerprint density at radius 2 is 2.22 bits per heavy atom. The molecule has 0 saturated carbocycles. The fourth-order valence-corrected chi connectivity index (χ4v) is 2.33. The van der Waals surface area contributed by atoms with Gasteiger partial charge in [-0.3, -0.25) is 14.5 Å². The number of carboxylic acids is 1. The highest BCUT2D eigenvalue weighted by molar-refractivity contribution is 5.78. The number of carbonyl (C=O) groups is 2. The SMILES string of the molecule is CCC(C)NC(=O)CN1CCCC(CC(=O)O)C1. The van der Waals surface area contributed by atoms with E-state index in [0.29, 0.717) is 6.54 Å². The molecule has 18 heavy (non-hydrogen) atoms. The van der Waals surface area contributed by atoms with Crippen LogP contribution >= 0.6 is 0 Å². The van der Waals surface area contributed by atoms with Crippen molar-refractivity contribution in [2.45, 2.75) is 45.6 Å². The summed E-state index contributed by atoms with van der Waals surface area (Å²) in [5.41, 5.74) is 0. The van der Waals surface area contributed by atoms with Crippen molar-refractivity contribution in [2.24, 2.45) is 5.92 Å². The maximum absolute atomic E-state index is 11.7. The number of likely N-dealkylation sites (tertiary alicyclic amines) is 1. The summed E-state index contributed by atoms with van der Waals surface area (Å²) in [5.74, 6) is -0.515. The molecule has 1 saturated heterocycles. The van der Waals surface area contributed by atoms with Gasteiger partial charge in [0.05, 0.1) is 6.54 Å². The molecular weight excluding hydrogens is 232 g/mol. The number of nitrogens with zero attached hydrogens (tertiary/aromatic N) is 1. The molecule has 5 nitrogen and oxygen atoms in total. The Morgan fingerprint density at radius 1 is 1.50 bits per heavy atom. The third-order valence-corrected chi connectivity index (χ3v) is 3.45. The Bertz CT molecular complexity index is 294. The van der Waals surface area contributed by atoms with E-state index in [4.69, 9.17) is 5.11 Å². The van der Waals surface area contributed by atoms with Gasteiger partial charge >= 0.3 is 5.97 Å². The molecule has 1 rings (SSSR count). The molecule has 0 aromatic heterocycles. The third kappa shape index (κ3) is 5.49. The van der Waals surface area contributed by atoms with Crippen molar-refractivity contribution >= 4 is 11.9 Å². The Hall–Kier alpha value is -1.10. The fraction of sp³-hybridized carbons (Fsp3) is 0.846. The third-order valence-electron chi connectivity index (χ3n) is 3.45. The highest BCUT2D eigenvalue weighted by Crippen LogP contribution is 2.19. The Labute approximate surface area is 109 Å². The first kappa shape index (κ1) is 15.0. The summed E-state index contributed by atoms with van der Waals surface area (Å²) in [7, 11) is 0. The molecule has 5 heteroatoms. The highest BCUT2D eigenvalue weighted by Gasteiger charge is 2.23. The number of carbonyl (C=O) groups excluding carboxylic acids is 1. The average Bonchev–Trinajstić information content (AvgIpc) is 2.28. The first-order chi connectivity index (χ1) is 8.51. The second-order valence-corrected chi connectivity index (χ2v) is 5.22. The molecule has 2 unspecified atom stereocenters. The fourth-order valence-electron chi connectivity index (χ4n) is 2.33. The zero-order valence-corrected chi connectivity index (χ0v) is 11.3. The first-order valence-corrected chi connectivity index (χ1v) is 6.74. The summed E-state index contributed by atoms with van der Waals surface area (Å²) in [6.07, 6.45) is 3.07. The first-order valence-electron chi connectivity index (χ1n) is 6.74. The minimum Gasteiger partial charge on any atom is -0.481 e. The molecule has 0 aromatic carbocycles. The van der Waals surface area contributed by atoms with Crippen LogP contribution in [0.25, 0.3) is 0 Å². The van der Waals surface area contributed by atoms with Crippen LogP contribution in [-0.4, -0.2) is 47.6 Å². The van der Waals surface area contributed by atoms with Crippen LogP contribution in [0.3, 0.4) is 0 Å². The van der Waals surface area contributed by atoms with Crippen LogP contribution in [0.4, 0.5) is 0 Å². The van der Waals surface area contributed by atoms with E-state index in [1.54, 1.807) is 0 Å². The quantitative estimate of drug-likeness (QED) is 0.746. The maximum Gasteiger partial charge on any atom is 0.303 e. The topological polar surface area (TPSA) is 69.6 Å². The second-order valence-electron chi connectivity index (χ2n) is 5.22. The van der Waals surface area contributed by atoms with Crippen molar-refractivity contribution in [3.63, 3.8) is 0 Å². The van der Waals surface area contributed by atoms with E-state index in [1.807, 2.05) is 13.8 Å². The normalized spacial score (nSPS) is 22.4. The lowest BCUT2D eigenvalue weighted by Crippen LogP contribution is -2.44. The minimum absolute atomic E-state index is 0.0420. The van der Waals surface area contributed by atoms with Crippen LogP contribution < -0.4 is 5.32 Å². The van der Waals surface area contributed by atoms with Crippen molar-refractivity contribution in [1.82, 2.24) is 10.2 Å². The Balaban J connectivity index is 2.33. The van der Waals surface area contributed by atoms with Crippen molar-refractivity contribution in [2.75, 3.05) is 19.6 Å². The molecule has 0 radical (unpaired) electrons. The van der Waals surface area contributed by atoms with E-state index in [-0.39, 0.29) is 24.3 Å². The van der Waals surface area contributed by atoms with E-state index in [1.165, 1.54) is 0 Å². The summed E-state index contributed by atoms with van der Waals surface area (Å²) in [5, 5.41) is 11.7. The van der Waals surface area contributed by atoms with Crippen molar-refractivity contribution in [3.8, 4) is 0 Å². The number of nitrogens with one attached hydrogen (secondary N) is 1. The zero-order valence-electron chi connectivity index (χ0n) is 11.3. The number of hydrogen-bond donors (Lipinski definition) is 2. The van der Waals surface area contributed by atoms with Gasteiger partial charge in [-0.15, -0.1) is 0 Å². The van der Waals surface area contributed by atoms with Gasteiger partial charge in [0.15, 0.2) is 0 Å². The monoisotopic (exact) mass is 256 g/mol. The summed E-state index contributed by atoms with van der Waals surface area (Å²) < 4.78 is 0. The summed E-state index contributed by atoms with van der Waals surface area (Å²) in [4.78, 5) is 24.5. The van der Waals surface area contributed by atoms with Crippen LogP contribution in [0.5, 0.6) is 0 Å². The van der Waals surface area contributed by atoms with Gasteiger partial charge in [-0.2, -0.15) is 0 Å². The van der Waals surface area contributed by atoms with Crippen molar-refractivity contribution in [3.05, 3.63) is 0 Å². The summed E-state index contributed by atoms with van der Waals surface area (Å²) >= 11 is 0. The van der Waals surface area contributed by atoms with Gasteiger partial charge in [-0.1, -0.05) is 6.92 Å². The van der Waals surface area contributed by atoms with Gasteiger partial charge in [-0.05, 0) is 38.6 Å². The molecule has 1 amide bonds. The molecule has 2 atom stereocenters. The number of carboxylic acid groups (broad SMARTS) is 1. The Morgan fingerprint density at radius 3 is 2.83 bits per heavy atom. The van der Waals surface area contributed by atoms with E-state index < -0.39 is 5.97 Å². The highest BCUT2D eigenvalue weighted by atomic mass is 16.4. The van der Waals surface area contributed by atoms with Gasteiger partial charge in [-0.25, -0.2) is 0 Å². The molecule has 1 aliphatic heterocycles. The molecule has 1 fully saturated rings. The van der Waals surface area contributed by atoms with Gasteiger partial charge in [0, 0.05) is 19.0 Å². The number of rotatable bonds is 6. The molecular formula is C13H24N2O3. The maximum atomic E-state index is 11.7. The number of aliphatic carboxylic acids is 1. The number of hydrogen-bond acceptors (Lipinski definition) is 3. The lowest BCUT2D eigenvalue weighted by atomic mass is 9.95. The predicted octanol–water partition coefficient (Wildman–Crippen LogP) is 1.09. The minimum atomic E-state index is -0.745. The van der Waals surface area contributed by atoms with E-state index in [2.05, 4.69) is 10.2 Å². The molecule has 104 valence electrons. The van der Waals surface area contributed by atoms with Crippen LogP contribution in [0.1, 0.15) is 39.5 Å². The lowest BCUT2D eigenvalue weighted by Gasteiger charge is -2.31.